The van der Waals surface area contributed by atoms with Gasteiger partial charge in [0.1, 0.15) is 5.75 Å². The van der Waals surface area contributed by atoms with Crippen LogP contribution in [-0.4, -0.2) is 4.92 Å². The summed E-state index contributed by atoms with van der Waals surface area (Å²) < 4.78 is 25.5. The predicted molar refractivity (Wildman–Crippen MR) is 113 cm³/mol. The van der Waals surface area contributed by atoms with Gasteiger partial charge in [-0.25, -0.2) is 4.57 Å². The van der Waals surface area contributed by atoms with E-state index in [-0.39, 0.29) is 17.6 Å². The third kappa shape index (κ3) is 5.04. The Morgan fingerprint density at radius 3 is 2.28 bits per heavy atom. The van der Waals surface area contributed by atoms with Crippen molar-refractivity contribution in [3.05, 3.63) is 99.1 Å². The number of aryl methyl sites for hydroxylation is 3. The first-order chi connectivity index (χ1) is 13.8. The molecule has 3 aromatic rings. The normalized spacial score (nSPS) is 12.8. The Hall–Kier alpha value is -3.11. The Morgan fingerprint density at radius 2 is 1.62 bits per heavy atom. The highest BCUT2D eigenvalue weighted by molar-refractivity contribution is 7.53. The smallest absolute Gasteiger partial charge is 0.416 e. The van der Waals surface area contributed by atoms with Gasteiger partial charge in [0.15, 0.2) is 0 Å². The Morgan fingerprint density at radius 1 is 0.897 bits per heavy atom. The van der Waals surface area contributed by atoms with Gasteiger partial charge in [0.25, 0.3) is 0 Å². The lowest BCUT2D eigenvalue weighted by Gasteiger charge is -2.22. The highest BCUT2D eigenvalue weighted by Crippen LogP contribution is 2.54. The van der Waals surface area contributed by atoms with E-state index in [4.69, 9.17) is 9.05 Å². The van der Waals surface area contributed by atoms with Crippen molar-refractivity contribution < 1.29 is 18.5 Å². The van der Waals surface area contributed by atoms with Crippen molar-refractivity contribution in [1.82, 2.24) is 0 Å². The largest absolute Gasteiger partial charge is 0.435 e. The molecule has 150 valence electrons. The van der Waals surface area contributed by atoms with Gasteiger partial charge in [-0.1, -0.05) is 60.2 Å². The van der Waals surface area contributed by atoms with Crippen molar-refractivity contribution in [1.29, 1.82) is 0 Å². The number of nitro benzene ring substituents is 1. The summed E-state index contributed by atoms with van der Waals surface area (Å²) in [4.78, 5) is 10.9. The minimum atomic E-state index is -3.83. The van der Waals surface area contributed by atoms with Crippen molar-refractivity contribution in [3.63, 3.8) is 0 Å². The molecule has 29 heavy (non-hydrogen) atoms. The summed E-state index contributed by atoms with van der Waals surface area (Å²) in [5.74, 6) is 0.382. The Labute approximate surface area is 169 Å². The third-order valence-corrected chi connectivity index (χ3v) is 6.09. The van der Waals surface area contributed by atoms with E-state index < -0.39 is 12.5 Å². The van der Waals surface area contributed by atoms with Crippen LogP contribution in [0.3, 0.4) is 0 Å². The molecule has 0 saturated heterocycles. The topological polar surface area (TPSA) is 78.7 Å². The summed E-state index contributed by atoms with van der Waals surface area (Å²) in [6.07, 6.45) is -0.0212. The predicted octanol–water partition coefficient (Wildman–Crippen LogP) is 6.37. The number of benzene rings is 3. The molecule has 3 rings (SSSR count). The number of hydrogen-bond donors (Lipinski definition) is 0. The van der Waals surface area contributed by atoms with Crippen molar-refractivity contribution >= 4 is 13.3 Å². The standard InChI is InChI=1S/C22H22NO5P/c1-16-12-13-21(18(3)14-16)27-29(26,15-19-9-5-4-6-10-19)28-22-17(2)8-7-11-20(22)23(24)25/h4-14H,15H2,1-3H3/t29-/m1/s1. The van der Waals surface area contributed by atoms with Gasteiger partial charge in [0.05, 0.1) is 11.1 Å². The highest BCUT2D eigenvalue weighted by atomic mass is 31.2. The fraction of sp³-hybridized carbons (Fsp3) is 0.182. The minimum absolute atomic E-state index is 0.0212. The molecule has 0 aliphatic rings. The van der Waals surface area contributed by atoms with Crippen LogP contribution in [0.4, 0.5) is 5.69 Å². The van der Waals surface area contributed by atoms with Crippen LogP contribution in [0.15, 0.2) is 66.7 Å². The number of rotatable bonds is 7. The van der Waals surface area contributed by atoms with Gasteiger partial charge in [-0.15, -0.1) is 0 Å². The Balaban J connectivity index is 2.04. The second-order valence-electron chi connectivity index (χ2n) is 6.89. The zero-order chi connectivity index (χ0) is 21.0. The molecule has 0 aromatic heterocycles. The average molecular weight is 411 g/mol. The van der Waals surface area contributed by atoms with Gasteiger partial charge >= 0.3 is 13.3 Å². The molecule has 0 N–H and O–H groups in total. The van der Waals surface area contributed by atoms with Crippen molar-refractivity contribution in [2.24, 2.45) is 0 Å². The molecule has 6 nitrogen and oxygen atoms in total. The molecule has 0 unspecified atom stereocenters. The molecular weight excluding hydrogens is 389 g/mol. The van der Waals surface area contributed by atoms with Crippen LogP contribution >= 0.6 is 7.60 Å². The first-order valence-electron chi connectivity index (χ1n) is 9.11. The average Bonchev–Trinajstić information content (AvgIpc) is 2.66. The Kier molecular flexibility index (Phi) is 6.04. The summed E-state index contributed by atoms with van der Waals surface area (Å²) in [5, 5.41) is 11.5. The van der Waals surface area contributed by atoms with Crippen LogP contribution in [0.1, 0.15) is 22.3 Å². The highest BCUT2D eigenvalue weighted by Gasteiger charge is 2.33. The van der Waals surface area contributed by atoms with E-state index in [1.807, 2.05) is 56.3 Å². The summed E-state index contributed by atoms with van der Waals surface area (Å²) in [7, 11) is -3.83. The van der Waals surface area contributed by atoms with Crippen LogP contribution in [0.25, 0.3) is 0 Å². The molecule has 0 bridgehead atoms. The lowest BCUT2D eigenvalue weighted by molar-refractivity contribution is -0.385. The molecule has 1 atom stereocenters. The van der Waals surface area contributed by atoms with Crippen LogP contribution < -0.4 is 9.05 Å². The van der Waals surface area contributed by atoms with Crippen LogP contribution in [-0.2, 0) is 10.7 Å². The Bertz CT molecular complexity index is 1080. The number of nitro groups is 1. The molecule has 3 aromatic carbocycles. The summed E-state index contributed by atoms with van der Waals surface area (Å²) in [6, 6.07) is 19.2. The molecule has 0 aliphatic carbocycles. The molecule has 0 fully saturated rings. The molecule has 0 aliphatic heterocycles. The number of hydrogen-bond acceptors (Lipinski definition) is 5. The summed E-state index contributed by atoms with van der Waals surface area (Å²) in [5.41, 5.74) is 2.86. The van der Waals surface area contributed by atoms with Gasteiger partial charge in [-0.05, 0) is 43.5 Å². The summed E-state index contributed by atoms with van der Waals surface area (Å²) >= 11 is 0. The maximum absolute atomic E-state index is 13.8. The first kappa shape index (κ1) is 20.6. The van der Waals surface area contributed by atoms with Crippen LogP contribution in [0.5, 0.6) is 11.5 Å². The molecule has 7 heteroatoms. The first-order valence-corrected chi connectivity index (χ1v) is 10.8. The zero-order valence-corrected chi connectivity index (χ0v) is 17.4. The number of nitrogens with zero attached hydrogens (tertiary/aromatic N) is 1. The van der Waals surface area contributed by atoms with Gasteiger partial charge in [0.2, 0.25) is 5.75 Å². The monoisotopic (exact) mass is 411 g/mol. The van der Waals surface area contributed by atoms with E-state index >= 15 is 0 Å². The van der Waals surface area contributed by atoms with Crippen molar-refractivity contribution in [3.8, 4) is 11.5 Å². The number of para-hydroxylation sites is 1. The van der Waals surface area contributed by atoms with E-state index in [9.17, 15) is 14.7 Å². The zero-order valence-electron chi connectivity index (χ0n) is 16.5. The van der Waals surface area contributed by atoms with E-state index in [0.29, 0.717) is 11.3 Å². The molecule has 0 spiro atoms. The minimum Gasteiger partial charge on any atom is -0.416 e. The van der Waals surface area contributed by atoms with E-state index in [1.165, 1.54) is 6.07 Å². The quantitative estimate of drug-likeness (QED) is 0.256. The molecule has 0 heterocycles. The van der Waals surface area contributed by atoms with E-state index in [2.05, 4.69) is 0 Å². The van der Waals surface area contributed by atoms with Gasteiger partial charge < -0.3 is 9.05 Å². The fourth-order valence-corrected chi connectivity index (χ4v) is 4.83. The maximum Gasteiger partial charge on any atom is 0.435 e. The van der Waals surface area contributed by atoms with E-state index in [1.54, 1.807) is 25.1 Å². The lowest BCUT2D eigenvalue weighted by Crippen LogP contribution is -2.07. The van der Waals surface area contributed by atoms with Crippen molar-refractivity contribution in [2.45, 2.75) is 26.9 Å². The SMILES string of the molecule is Cc1ccc(O[P@](=O)(Cc2ccccc2)Oc2c(C)cccc2[N+](=O)[O-])c(C)c1. The molecule has 0 radical (unpaired) electrons. The van der Waals surface area contributed by atoms with Gasteiger partial charge in [-0.3, -0.25) is 10.1 Å². The summed E-state index contributed by atoms with van der Waals surface area (Å²) in [6.45, 7) is 5.48. The fourth-order valence-electron chi connectivity index (χ4n) is 2.98. The van der Waals surface area contributed by atoms with Crippen molar-refractivity contribution in [2.75, 3.05) is 0 Å². The molecule has 0 saturated carbocycles. The van der Waals surface area contributed by atoms with Gasteiger partial charge in [-0.2, -0.15) is 0 Å². The van der Waals surface area contributed by atoms with Gasteiger partial charge in [0, 0.05) is 6.07 Å². The van der Waals surface area contributed by atoms with Crippen LogP contribution in [0, 0.1) is 30.9 Å². The third-order valence-electron chi connectivity index (χ3n) is 4.41. The second-order valence-corrected chi connectivity index (χ2v) is 8.79. The molecule has 0 amide bonds. The maximum atomic E-state index is 13.8. The second kappa shape index (κ2) is 8.50. The van der Waals surface area contributed by atoms with Crippen LogP contribution in [0.2, 0.25) is 0 Å². The lowest BCUT2D eigenvalue weighted by atomic mass is 10.1. The van der Waals surface area contributed by atoms with E-state index in [0.717, 1.165) is 16.7 Å². The molecular formula is C22H22NO5P.